The summed E-state index contributed by atoms with van der Waals surface area (Å²) in [6, 6.07) is 10.3. The highest BCUT2D eigenvalue weighted by atomic mass is 32.2. The first-order valence-electron chi connectivity index (χ1n) is 5.25. The summed E-state index contributed by atoms with van der Waals surface area (Å²) < 4.78 is 11.8. The van der Waals surface area contributed by atoms with Gasteiger partial charge in [-0.2, -0.15) is 0 Å². The number of rotatable bonds is 4. The van der Waals surface area contributed by atoms with Gasteiger partial charge in [0.05, 0.1) is 0 Å². The Morgan fingerprint density at radius 1 is 1.27 bits per heavy atom. The van der Waals surface area contributed by atoms with E-state index in [0.717, 1.165) is 0 Å². The first kappa shape index (κ1) is 12.3. The third-order valence-electron chi connectivity index (χ3n) is 2.56. The quantitative estimate of drug-likeness (QED) is 0.719. The lowest BCUT2D eigenvalue weighted by Crippen LogP contribution is -2.17. The van der Waals surface area contributed by atoms with Gasteiger partial charge in [0.25, 0.3) is 0 Å². The molecule has 0 aliphatic rings. The minimum atomic E-state index is -1.92. The third-order valence-corrected chi connectivity index (χ3v) is 3.63. The second kappa shape index (κ2) is 4.84. The highest BCUT2D eigenvalue weighted by Crippen LogP contribution is 2.25. The molecule has 84 valence electrons. The Balaban J connectivity index is 2.95. The molecule has 1 nitrogen and oxygen atoms in total. The van der Waals surface area contributed by atoms with E-state index in [9.17, 15) is 4.21 Å². The minimum Gasteiger partial charge on any atom is -0.268 e. The third kappa shape index (κ3) is 4.08. The first-order valence-corrected chi connectivity index (χ1v) is 7.55. The zero-order chi connectivity index (χ0) is 11.5. The summed E-state index contributed by atoms with van der Waals surface area (Å²) in [6.07, 6.45) is 1.74. The second-order valence-corrected chi connectivity index (χ2v) is 7.31. The van der Waals surface area contributed by atoms with Crippen molar-refractivity contribution in [3.05, 3.63) is 35.9 Å². The summed E-state index contributed by atoms with van der Waals surface area (Å²) in [5.41, 5.74) is 1.27. The zero-order valence-corrected chi connectivity index (χ0v) is 10.6. The van der Waals surface area contributed by atoms with Crippen molar-refractivity contribution in [2.45, 2.75) is 19.8 Å². The van der Waals surface area contributed by atoms with Crippen molar-refractivity contribution in [1.29, 1.82) is 0 Å². The Hall–Kier alpha value is -0.760. The molecule has 1 aromatic carbocycles. The molecule has 0 aliphatic heterocycles. The molecular formula is C13H20OS. The Morgan fingerprint density at radius 3 is 2.20 bits per heavy atom. The topological polar surface area (TPSA) is 17.1 Å². The standard InChI is InChI=1S/C13H20OS/c1-11(2)13(10-15(3,4)14)12-8-6-5-7-9-12/h5-9,11,13H,3,10H2,1-2,4H3/t13-,15?/m0/s1. The van der Waals surface area contributed by atoms with E-state index in [-0.39, 0.29) is 0 Å². The molecule has 0 saturated carbocycles. The van der Waals surface area contributed by atoms with E-state index in [2.05, 4.69) is 31.9 Å². The first-order chi connectivity index (χ1) is 6.90. The zero-order valence-electron chi connectivity index (χ0n) is 9.77. The molecule has 15 heavy (non-hydrogen) atoms. The second-order valence-electron chi connectivity index (χ2n) is 4.61. The van der Waals surface area contributed by atoms with Gasteiger partial charge in [-0.05, 0) is 32.8 Å². The maximum Gasteiger partial charge on any atom is 0.0227 e. The van der Waals surface area contributed by atoms with Crippen LogP contribution in [0, 0.1) is 5.92 Å². The Morgan fingerprint density at radius 2 is 1.80 bits per heavy atom. The van der Waals surface area contributed by atoms with Gasteiger partial charge in [0, 0.05) is 12.0 Å². The van der Waals surface area contributed by atoms with Crippen molar-refractivity contribution in [2.24, 2.45) is 5.92 Å². The van der Waals surface area contributed by atoms with Crippen molar-refractivity contribution < 1.29 is 4.21 Å². The van der Waals surface area contributed by atoms with E-state index < -0.39 is 9.52 Å². The fourth-order valence-electron chi connectivity index (χ4n) is 1.75. The van der Waals surface area contributed by atoms with Crippen molar-refractivity contribution in [3.63, 3.8) is 0 Å². The molecule has 0 aromatic heterocycles. The van der Waals surface area contributed by atoms with E-state index in [0.29, 0.717) is 17.6 Å². The van der Waals surface area contributed by atoms with Crippen LogP contribution in [0.2, 0.25) is 0 Å². The van der Waals surface area contributed by atoms with Crippen LogP contribution < -0.4 is 0 Å². The van der Waals surface area contributed by atoms with Gasteiger partial charge in [-0.15, -0.1) is 0 Å². The van der Waals surface area contributed by atoms with Gasteiger partial charge in [0.1, 0.15) is 0 Å². The molecule has 0 saturated heterocycles. The minimum absolute atomic E-state index is 0.348. The Bertz CT molecular complexity index is 390. The van der Waals surface area contributed by atoms with Crippen LogP contribution in [0.25, 0.3) is 0 Å². The lowest BCUT2D eigenvalue weighted by atomic mass is 9.90. The predicted molar refractivity (Wildman–Crippen MR) is 70.1 cm³/mol. The largest absolute Gasteiger partial charge is 0.268 e. The van der Waals surface area contributed by atoms with Crippen molar-refractivity contribution in [2.75, 3.05) is 12.0 Å². The molecule has 0 N–H and O–H groups in total. The summed E-state index contributed by atoms with van der Waals surface area (Å²) in [5.74, 6) is 5.26. The van der Waals surface area contributed by atoms with E-state index in [4.69, 9.17) is 0 Å². The van der Waals surface area contributed by atoms with E-state index in [1.165, 1.54) is 5.56 Å². The van der Waals surface area contributed by atoms with Crippen LogP contribution in [0.5, 0.6) is 0 Å². The smallest absolute Gasteiger partial charge is 0.0227 e. The monoisotopic (exact) mass is 224 g/mol. The van der Waals surface area contributed by atoms with Crippen molar-refractivity contribution >= 4 is 15.4 Å². The summed E-state index contributed by atoms with van der Waals surface area (Å²) >= 11 is 0. The molecule has 0 radical (unpaired) electrons. The Labute approximate surface area is 93.5 Å². The average Bonchev–Trinajstić information content (AvgIpc) is 2.14. The van der Waals surface area contributed by atoms with Gasteiger partial charge in [0.15, 0.2) is 0 Å². The normalized spacial score (nSPS) is 17.3. The molecule has 1 aromatic rings. The van der Waals surface area contributed by atoms with E-state index in [1.807, 2.05) is 18.2 Å². The van der Waals surface area contributed by atoms with Crippen molar-refractivity contribution in [1.82, 2.24) is 0 Å². The molecule has 2 heteroatoms. The Kier molecular flexibility index (Phi) is 3.97. The van der Waals surface area contributed by atoms with Crippen LogP contribution in [0.1, 0.15) is 25.3 Å². The van der Waals surface area contributed by atoms with E-state index in [1.54, 1.807) is 6.26 Å². The van der Waals surface area contributed by atoms with Crippen LogP contribution in [0.4, 0.5) is 0 Å². The molecule has 1 unspecified atom stereocenters. The number of benzene rings is 1. The average molecular weight is 224 g/mol. The number of hydrogen-bond donors (Lipinski definition) is 0. The maximum atomic E-state index is 11.8. The molecular weight excluding hydrogens is 204 g/mol. The number of hydrogen-bond acceptors (Lipinski definition) is 1. The van der Waals surface area contributed by atoms with Gasteiger partial charge in [-0.3, -0.25) is 4.21 Å². The van der Waals surface area contributed by atoms with Gasteiger partial charge in [-0.25, -0.2) is 0 Å². The molecule has 0 bridgehead atoms. The lowest BCUT2D eigenvalue weighted by Gasteiger charge is -2.21. The highest BCUT2D eigenvalue weighted by molar-refractivity contribution is 7.99. The molecule has 0 amide bonds. The van der Waals surface area contributed by atoms with Crippen LogP contribution in [0.15, 0.2) is 30.3 Å². The molecule has 0 fully saturated rings. The van der Waals surface area contributed by atoms with Gasteiger partial charge in [0.2, 0.25) is 0 Å². The molecule has 1 rings (SSSR count). The fourth-order valence-corrected chi connectivity index (χ4v) is 3.09. The molecule has 0 spiro atoms. The van der Waals surface area contributed by atoms with Gasteiger partial charge < -0.3 is 0 Å². The summed E-state index contributed by atoms with van der Waals surface area (Å²) in [4.78, 5) is 0. The summed E-state index contributed by atoms with van der Waals surface area (Å²) in [7, 11) is -1.92. The van der Waals surface area contributed by atoms with Crippen LogP contribution in [-0.4, -0.2) is 22.1 Å². The molecule has 0 aliphatic carbocycles. The summed E-state index contributed by atoms with van der Waals surface area (Å²) in [6.45, 7) is 4.34. The van der Waals surface area contributed by atoms with Gasteiger partial charge >= 0.3 is 0 Å². The molecule has 0 heterocycles. The van der Waals surface area contributed by atoms with Crippen LogP contribution in [0.3, 0.4) is 0 Å². The predicted octanol–water partition coefficient (Wildman–Crippen LogP) is 2.77. The SMILES string of the molecule is C=S(C)(=O)C[C@H](c1ccccc1)C(C)C. The summed E-state index contributed by atoms with van der Waals surface area (Å²) in [5, 5.41) is 0. The van der Waals surface area contributed by atoms with Crippen molar-refractivity contribution in [3.8, 4) is 0 Å². The van der Waals surface area contributed by atoms with E-state index >= 15 is 0 Å². The maximum absolute atomic E-state index is 11.8. The van der Waals surface area contributed by atoms with Crippen LogP contribution in [-0.2, 0) is 9.52 Å². The highest BCUT2D eigenvalue weighted by Gasteiger charge is 2.17. The van der Waals surface area contributed by atoms with Gasteiger partial charge in [-0.1, -0.05) is 44.2 Å². The lowest BCUT2D eigenvalue weighted by molar-refractivity contribution is 0.536. The fraction of sp³-hybridized carbons (Fsp3) is 0.462. The molecule has 2 atom stereocenters. The van der Waals surface area contributed by atoms with Crippen LogP contribution >= 0.6 is 0 Å².